The Morgan fingerprint density at radius 3 is 2.56 bits per heavy atom. The standard InChI is InChI=1S/C12H11F2N3O/c13-9-4-1-5-10(14)11(9)18-7-8-3-2-6-16-12(8)17-15/h1-6H,7,15H2,(H,16,17). The zero-order chi connectivity index (χ0) is 13.0. The second-order valence-electron chi connectivity index (χ2n) is 3.49. The molecule has 0 aliphatic rings. The van der Waals surface area contributed by atoms with Crippen LogP contribution in [0.2, 0.25) is 0 Å². The summed E-state index contributed by atoms with van der Waals surface area (Å²) in [5.41, 5.74) is 2.98. The zero-order valence-corrected chi connectivity index (χ0v) is 9.36. The molecule has 0 saturated carbocycles. The Kier molecular flexibility index (Phi) is 3.69. The molecule has 2 aromatic rings. The van der Waals surface area contributed by atoms with E-state index in [0.717, 1.165) is 12.1 Å². The number of aromatic nitrogens is 1. The number of para-hydroxylation sites is 1. The van der Waals surface area contributed by atoms with Crippen LogP contribution < -0.4 is 16.0 Å². The Bertz CT molecular complexity index is 528. The number of nitrogens with one attached hydrogen (secondary N) is 1. The summed E-state index contributed by atoms with van der Waals surface area (Å²) in [4.78, 5) is 3.95. The molecule has 94 valence electrons. The highest BCUT2D eigenvalue weighted by Crippen LogP contribution is 2.22. The topological polar surface area (TPSA) is 60.2 Å². The van der Waals surface area contributed by atoms with Gasteiger partial charge in [0.2, 0.25) is 0 Å². The number of anilines is 1. The second kappa shape index (κ2) is 5.42. The number of pyridine rings is 1. The van der Waals surface area contributed by atoms with E-state index >= 15 is 0 Å². The van der Waals surface area contributed by atoms with E-state index in [4.69, 9.17) is 10.6 Å². The minimum atomic E-state index is -0.749. The lowest BCUT2D eigenvalue weighted by Gasteiger charge is -2.10. The van der Waals surface area contributed by atoms with Gasteiger partial charge in [0.25, 0.3) is 0 Å². The summed E-state index contributed by atoms with van der Waals surface area (Å²) >= 11 is 0. The SMILES string of the molecule is NNc1ncccc1COc1c(F)cccc1F. The average Bonchev–Trinajstić information content (AvgIpc) is 2.38. The van der Waals surface area contributed by atoms with Crippen molar-refractivity contribution in [2.45, 2.75) is 6.61 Å². The van der Waals surface area contributed by atoms with Gasteiger partial charge in [-0.15, -0.1) is 0 Å². The van der Waals surface area contributed by atoms with Gasteiger partial charge in [0.1, 0.15) is 12.4 Å². The van der Waals surface area contributed by atoms with E-state index in [-0.39, 0.29) is 6.61 Å². The number of hydrogen-bond donors (Lipinski definition) is 2. The van der Waals surface area contributed by atoms with Gasteiger partial charge in [0.05, 0.1) is 0 Å². The maximum Gasteiger partial charge on any atom is 0.191 e. The summed E-state index contributed by atoms with van der Waals surface area (Å²) in [5, 5.41) is 0. The number of halogens is 2. The van der Waals surface area contributed by atoms with Gasteiger partial charge in [-0.1, -0.05) is 12.1 Å². The number of benzene rings is 1. The van der Waals surface area contributed by atoms with E-state index in [9.17, 15) is 8.78 Å². The number of nitrogens with two attached hydrogens (primary N) is 1. The monoisotopic (exact) mass is 251 g/mol. The van der Waals surface area contributed by atoms with E-state index < -0.39 is 17.4 Å². The lowest BCUT2D eigenvalue weighted by atomic mass is 10.2. The van der Waals surface area contributed by atoms with Crippen LogP contribution in [-0.2, 0) is 6.61 Å². The summed E-state index contributed by atoms with van der Waals surface area (Å²) in [6, 6.07) is 6.90. The molecule has 0 amide bonds. The molecule has 1 aromatic carbocycles. The van der Waals surface area contributed by atoms with E-state index in [0.29, 0.717) is 11.4 Å². The van der Waals surface area contributed by atoms with E-state index in [2.05, 4.69) is 10.4 Å². The molecule has 0 unspecified atom stereocenters. The Balaban J connectivity index is 2.16. The van der Waals surface area contributed by atoms with Gasteiger partial charge in [-0.05, 0) is 18.2 Å². The molecule has 18 heavy (non-hydrogen) atoms. The molecule has 0 spiro atoms. The molecular weight excluding hydrogens is 240 g/mol. The highest BCUT2D eigenvalue weighted by Gasteiger charge is 2.11. The fourth-order valence-corrected chi connectivity index (χ4v) is 1.46. The molecule has 0 saturated heterocycles. The third kappa shape index (κ3) is 2.54. The third-order valence-electron chi connectivity index (χ3n) is 2.32. The summed E-state index contributed by atoms with van der Waals surface area (Å²) in [6.45, 7) is -0.0365. The highest BCUT2D eigenvalue weighted by molar-refractivity contribution is 5.42. The van der Waals surface area contributed by atoms with Gasteiger partial charge in [-0.25, -0.2) is 19.6 Å². The predicted octanol–water partition coefficient (Wildman–Crippen LogP) is 2.22. The van der Waals surface area contributed by atoms with Crippen molar-refractivity contribution >= 4 is 5.82 Å². The number of nitrogen functional groups attached to an aromatic ring is 1. The minimum Gasteiger partial charge on any atom is -0.483 e. The van der Waals surface area contributed by atoms with Crippen LogP contribution in [0.15, 0.2) is 36.5 Å². The van der Waals surface area contributed by atoms with Crippen LogP contribution in [0.1, 0.15) is 5.56 Å². The molecular formula is C12H11F2N3O. The molecule has 1 heterocycles. The van der Waals surface area contributed by atoms with Crippen LogP contribution in [0, 0.1) is 11.6 Å². The zero-order valence-electron chi connectivity index (χ0n) is 9.36. The molecule has 0 aliphatic heterocycles. The van der Waals surface area contributed by atoms with Gasteiger partial charge < -0.3 is 10.2 Å². The molecule has 3 N–H and O–H groups in total. The first-order valence-corrected chi connectivity index (χ1v) is 5.19. The van der Waals surface area contributed by atoms with Crippen molar-refractivity contribution < 1.29 is 13.5 Å². The number of hydrazine groups is 1. The van der Waals surface area contributed by atoms with Crippen LogP contribution in [0.5, 0.6) is 5.75 Å². The van der Waals surface area contributed by atoms with E-state index in [1.165, 1.54) is 6.07 Å². The molecule has 0 radical (unpaired) electrons. The van der Waals surface area contributed by atoms with Crippen molar-refractivity contribution in [3.05, 3.63) is 53.7 Å². The fourth-order valence-electron chi connectivity index (χ4n) is 1.46. The van der Waals surface area contributed by atoms with Crippen molar-refractivity contribution in [1.29, 1.82) is 0 Å². The molecule has 0 aliphatic carbocycles. The number of ether oxygens (including phenoxy) is 1. The third-order valence-corrected chi connectivity index (χ3v) is 2.32. The molecule has 4 nitrogen and oxygen atoms in total. The smallest absolute Gasteiger partial charge is 0.191 e. The van der Waals surface area contributed by atoms with Crippen LogP contribution >= 0.6 is 0 Å². The summed E-state index contributed by atoms with van der Waals surface area (Å²) in [7, 11) is 0. The first-order valence-electron chi connectivity index (χ1n) is 5.19. The van der Waals surface area contributed by atoms with E-state index in [1.807, 2.05) is 0 Å². The molecule has 0 fully saturated rings. The van der Waals surface area contributed by atoms with Gasteiger partial charge in [-0.2, -0.15) is 0 Å². The van der Waals surface area contributed by atoms with Gasteiger partial charge in [-0.3, -0.25) is 0 Å². The van der Waals surface area contributed by atoms with Crippen LogP contribution in [0.3, 0.4) is 0 Å². The number of rotatable bonds is 4. The predicted molar refractivity (Wildman–Crippen MR) is 62.7 cm³/mol. The molecule has 0 atom stereocenters. The van der Waals surface area contributed by atoms with Crippen LogP contribution in [-0.4, -0.2) is 4.98 Å². The van der Waals surface area contributed by atoms with Crippen molar-refractivity contribution in [2.75, 3.05) is 5.43 Å². The van der Waals surface area contributed by atoms with Gasteiger partial charge in [0.15, 0.2) is 17.4 Å². The van der Waals surface area contributed by atoms with Crippen molar-refractivity contribution in [2.24, 2.45) is 5.84 Å². The van der Waals surface area contributed by atoms with E-state index in [1.54, 1.807) is 18.3 Å². The molecule has 1 aromatic heterocycles. The van der Waals surface area contributed by atoms with Crippen LogP contribution in [0.25, 0.3) is 0 Å². The lowest BCUT2D eigenvalue weighted by molar-refractivity contribution is 0.274. The summed E-state index contributed by atoms with van der Waals surface area (Å²) < 4.78 is 31.7. The van der Waals surface area contributed by atoms with Crippen molar-refractivity contribution in [3.8, 4) is 5.75 Å². The lowest BCUT2D eigenvalue weighted by Crippen LogP contribution is -2.12. The van der Waals surface area contributed by atoms with Crippen molar-refractivity contribution in [1.82, 2.24) is 4.98 Å². The van der Waals surface area contributed by atoms with Gasteiger partial charge >= 0.3 is 0 Å². The Morgan fingerprint density at radius 2 is 1.89 bits per heavy atom. The quantitative estimate of drug-likeness (QED) is 0.646. The first-order chi connectivity index (χ1) is 8.72. The second-order valence-corrected chi connectivity index (χ2v) is 3.49. The number of nitrogens with zero attached hydrogens (tertiary/aromatic N) is 1. The first kappa shape index (κ1) is 12.3. The average molecular weight is 251 g/mol. The fraction of sp³-hybridized carbons (Fsp3) is 0.0833. The summed E-state index contributed by atoms with van der Waals surface area (Å²) in [5.74, 6) is 3.75. The van der Waals surface area contributed by atoms with Crippen molar-refractivity contribution in [3.63, 3.8) is 0 Å². The maximum atomic E-state index is 13.3. The normalized spacial score (nSPS) is 10.2. The Hall–Kier alpha value is -2.21. The minimum absolute atomic E-state index is 0.0365. The summed E-state index contributed by atoms with van der Waals surface area (Å²) in [6.07, 6.45) is 1.54. The molecule has 6 heteroatoms. The Morgan fingerprint density at radius 1 is 1.17 bits per heavy atom. The maximum absolute atomic E-state index is 13.3. The molecule has 2 rings (SSSR count). The van der Waals surface area contributed by atoms with Gasteiger partial charge in [0, 0.05) is 11.8 Å². The molecule has 0 bridgehead atoms. The largest absolute Gasteiger partial charge is 0.483 e. The highest BCUT2D eigenvalue weighted by atomic mass is 19.1. The van der Waals surface area contributed by atoms with Crippen LogP contribution in [0.4, 0.5) is 14.6 Å². The Labute approximate surface area is 102 Å². The number of hydrogen-bond acceptors (Lipinski definition) is 4.